The largest absolute Gasteiger partial charge is 0.437 e. The quantitative estimate of drug-likeness (QED) is 0.0437. The van der Waals surface area contributed by atoms with Gasteiger partial charge in [0, 0.05) is 0 Å². The van der Waals surface area contributed by atoms with Crippen molar-refractivity contribution >= 4 is 101 Å². The van der Waals surface area contributed by atoms with E-state index in [0.717, 1.165) is 18.1 Å². The van der Waals surface area contributed by atoms with E-state index in [9.17, 15) is 0 Å². The van der Waals surface area contributed by atoms with E-state index in [1.54, 1.807) is 0 Å². The second-order valence-corrected chi connectivity index (χ2v) is 82.4. The van der Waals surface area contributed by atoms with Crippen LogP contribution in [0.15, 0.2) is 0 Å². The lowest BCUT2D eigenvalue weighted by Gasteiger charge is -2.44. The summed E-state index contributed by atoms with van der Waals surface area (Å²) in [5, 5.41) is 0. The molecular formula is C63H156O9Si12. The third kappa shape index (κ3) is 64.4. The molecule has 3 atom stereocenters. The zero-order valence-electron chi connectivity index (χ0n) is 63.0. The van der Waals surface area contributed by atoms with E-state index in [-0.39, 0.29) is 0 Å². The minimum Gasteiger partial charge on any atom is -0.437 e. The van der Waals surface area contributed by atoms with Gasteiger partial charge < -0.3 is 37.0 Å². The van der Waals surface area contributed by atoms with Gasteiger partial charge in [-0.1, -0.05) is 213 Å². The van der Waals surface area contributed by atoms with Gasteiger partial charge >= 0.3 is 51.4 Å². The molecule has 0 amide bonds. The van der Waals surface area contributed by atoms with Crippen LogP contribution in [0.3, 0.4) is 0 Å². The Morgan fingerprint density at radius 3 is 0.476 bits per heavy atom. The third-order valence-corrected chi connectivity index (χ3v) is 54.2. The van der Waals surface area contributed by atoms with Crippen molar-refractivity contribution in [1.82, 2.24) is 0 Å². The summed E-state index contributed by atoms with van der Waals surface area (Å²) in [4.78, 5) is 0. The maximum atomic E-state index is 7.37. The molecule has 0 heterocycles. The van der Waals surface area contributed by atoms with Crippen molar-refractivity contribution in [2.24, 2.45) is 0 Å². The van der Waals surface area contributed by atoms with E-state index in [4.69, 9.17) is 37.0 Å². The van der Waals surface area contributed by atoms with Gasteiger partial charge in [0.15, 0.2) is 49.9 Å². The Balaban J connectivity index is -0.00000140. The Morgan fingerprint density at radius 1 is 0.155 bits per heavy atom. The molecular weight excluding hydrogens is 1240 g/mol. The maximum absolute atomic E-state index is 7.37. The first-order valence-corrected chi connectivity index (χ1v) is 71.8. The molecule has 0 N–H and O–H groups in total. The van der Waals surface area contributed by atoms with E-state index in [0.29, 0.717) is 0 Å². The smallest absolute Gasteiger partial charge is 0.317 e. The Labute approximate surface area is 542 Å². The molecule has 0 aliphatic heterocycles. The third-order valence-electron chi connectivity index (χ3n) is 13.6. The minimum absolute atomic E-state index is 1.06. The number of hydrogen-bond acceptors (Lipinski definition) is 9. The first-order chi connectivity index (χ1) is 38.0. The van der Waals surface area contributed by atoms with E-state index in [1.165, 1.54) is 193 Å². The highest BCUT2D eigenvalue weighted by molar-refractivity contribution is 6.92. The van der Waals surface area contributed by atoms with Crippen molar-refractivity contribution < 1.29 is 37.0 Å². The molecule has 0 aromatic rings. The predicted octanol–water partition coefficient (Wildman–Crippen LogP) is 25.2. The van der Waals surface area contributed by atoms with Gasteiger partial charge in [0.25, 0.3) is 0 Å². The number of rotatable bonds is 51. The summed E-state index contributed by atoms with van der Waals surface area (Å²) in [5.74, 6) is 0. The van der Waals surface area contributed by atoms with Crippen molar-refractivity contribution in [3.63, 3.8) is 0 Å². The highest BCUT2D eigenvalue weighted by atomic mass is 28.5. The van der Waals surface area contributed by atoms with Crippen molar-refractivity contribution in [2.45, 2.75) is 408 Å². The minimum atomic E-state index is -2.49. The summed E-state index contributed by atoms with van der Waals surface area (Å²) in [5.41, 5.74) is 0. The monoisotopic (exact) mass is 1390 g/mol. The zero-order valence-corrected chi connectivity index (χ0v) is 75.0. The summed E-state index contributed by atoms with van der Waals surface area (Å²) < 4.78 is 60.3. The van der Waals surface area contributed by atoms with Crippen molar-refractivity contribution in [3.8, 4) is 0 Å². The lowest BCUT2D eigenvalue weighted by atomic mass is 10.1. The predicted molar refractivity (Wildman–Crippen MR) is 407 cm³/mol. The molecule has 0 bridgehead atoms. The van der Waals surface area contributed by atoms with Crippen LogP contribution < -0.4 is 0 Å². The van der Waals surface area contributed by atoms with Crippen LogP contribution in [0.5, 0.6) is 0 Å². The molecule has 0 aliphatic carbocycles. The molecule has 0 fully saturated rings. The topological polar surface area (TPSA) is 83.1 Å². The summed E-state index contributed by atoms with van der Waals surface area (Å²) in [7, 11) is -23.0. The highest BCUT2D eigenvalue weighted by Crippen LogP contribution is 2.34. The van der Waals surface area contributed by atoms with Gasteiger partial charge in [-0.3, -0.25) is 0 Å². The van der Waals surface area contributed by atoms with Gasteiger partial charge in [-0.05, 0) is 195 Å². The Bertz CT molecular complexity index is 1560. The lowest BCUT2D eigenvalue weighted by Crippen LogP contribution is -2.60. The molecule has 0 saturated heterocycles. The zero-order chi connectivity index (χ0) is 65.7. The van der Waals surface area contributed by atoms with Crippen LogP contribution in [0.2, 0.25) is 195 Å². The fraction of sp³-hybridized carbons (Fsp3) is 1.00. The first-order valence-electron chi connectivity index (χ1n) is 35.4. The van der Waals surface area contributed by atoms with Crippen LogP contribution in [0.25, 0.3) is 0 Å². The summed E-state index contributed by atoms with van der Waals surface area (Å²) in [6, 6.07) is 3.26. The standard InChI is InChI=1S/C36H84O4Si5.C19H48O3Si4.C8H24O2Si3/c1-13-15-17-19-21-23-25-26-28-29-31-33-35-44(11,38-42(6,7)8)40-45(12,39-43(9,10)37-41(3,4)5)36-34-32-30-27-24-22-20-18-16-14-2;1-11-12-13-14-15-16-17-18-19-26(10,21-24(5,6)7)22-25(8,9)20-23(2,3)4;1-11(2,3)9-13(7,8)10-12(4,5)6/h13-36H2,1-12H3;11-19H2,1-10H3;1-8H3. The molecule has 0 aromatic carbocycles. The highest BCUT2D eigenvalue weighted by Gasteiger charge is 2.49. The van der Waals surface area contributed by atoms with Crippen molar-refractivity contribution in [2.75, 3.05) is 0 Å². The molecule has 0 radical (unpaired) electrons. The van der Waals surface area contributed by atoms with Crippen LogP contribution in [0.1, 0.15) is 213 Å². The second-order valence-electron chi connectivity index (χ2n) is 33.0. The summed E-state index contributed by atoms with van der Waals surface area (Å²) in [6.45, 7) is 67.9. The van der Waals surface area contributed by atoms with E-state index in [1.807, 2.05) is 0 Å². The van der Waals surface area contributed by atoms with Gasteiger partial charge in [0.05, 0.1) is 0 Å². The van der Waals surface area contributed by atoms with Crippen molar-refractivity contribution in [1.29, 1.82) is 0 Å². The molecule has 0 saturated carbocycles. The first kappa shape index (κ1) is 90.4. The fourth-order valence-electron chi connectivity index (χ4n) is 12.0. The maximum Gasteiger partial charge on any atom is 0.317 e. The number of unbranched alkanes of at least 4 members (excludes halogenated alkanes) is 27. The molecule has 84 heavy (non-hydrogen) atoms. The number of hydrogen-bond donors (Lipinski definition) is 0. The molecule has 0 rings (SSSR count). The van der Waals surface area contributed by atoms with Gasteiger partial charge in [-0.2, -0.15) is 0 Å². The van der Waals surface area contributed by atoms with Crippen LogP contribution >= 0.6 is 0 Å². The Hall–Kier alpha value is 2.24. The molecule has 9 nitrogen and oxygen atoms in total. The SMILES string of the molecule is CCCCCCCCCCCCCC[Si](C)(O[Si](C)(C)C)O[Si](C)(CCCCCCCCCCCC)O[Si](C)(C)O[Si](C)(C)C.CCCCCCCCCC[Si](C)(O[Si](C)(C)C)O[Si](C)(C)O[Si](C)(C)C.C[Si](C)(C)O[Si](C)(C)O[Si](C)(C)C. The summed E-state index contributed by atoms with van der Waals surface area (Å²) >= 11 is 0. The molecule has 0 aromatic heterocycles. The second kappa shape index (κ2) is 44.8. The molecule has 0 spiro atoms. The molecule has 21 heteroatoms. The van der Waals surface area contributed by atoms with Gasteiger partial charge in [-0.25, -0.2) is 0 Å². The van der Waals surface area contributed by atoms with Gasteiger partial charge in [0.2, 0.25) is 0 Å². The molecule has 3 unspecified atom stereocenters. The van der Waals surface area contributed by atoms with Crippen LogP contribution in [0.4, 0.5) is 0 Å². The molecule has 0 aliphatic rings. The lowest BCUT2D eigenvalue weighted by molar-refractivity contribution is 0.286. The normalized spacial score (nSPS) is 15.6. The Morgan fingerprint density at radius 2 is 0.298 bits per heavy atom. The Kier molecular flexibility index (Phi) is 48.2. The van der Waals surface area contributed by atoms with Crippen LogP contribution in [0, 0.1) is 0 Å². The van der Waals surface area contributed by atoms with Crippen molar-refractivity contribution in [3.05, 3.63) is 0 Å². The summed E-state index contributed by atoms with van der Waals surface area (Å²) in [6.07, 6.45) is 40.9. The van der Waals surface area contributed by atoms with E-state index >= 15 is 0 Å². The average molecular weight is 1390 g/mol. The average Bonchev–Trinajstić information content (AvgIpc) is 3.47. The van der Waals surface area contributed by atoms with Crippen LogP contribution in [-0.2, 0) is 37.0 Å². The van der Waals surface area contributed by atoms with E-state index < -0.39 is 101 Å². The van der Waals surface area contributed by atoms with Gasteiger partial charge in [0.1, 0.15) is 0 Å². The van der Waals surface area contributed by atoms with E-state index in [2.05, 4.69) is 198 Å². The van der Waals surface area contributed by atoms with Gasteiger partial charge in [-0.15, -0.1) is 0 Å². The fourth-order valence-corrected chi connectivity index (χ4v) is 66.3. The molecule has 510 valence electrons. The van der Waals surface area contributed by atoms with Crippen LogP contribution in [-0.4, -0.2) is 101 Å².